The van der Waals surface area contributed by atoms with Crippen LogP contribution in [0.1, 0.15) is 55.3 Å². The summed E-state index contributed by atoms with van der Waals surface area (Å²) in [5.41, 5.74) is 2.98. The second kappa shape index (κ2) is 9.82. The van der Waals surface area contributed by atoms with Gasteiger partial charge >= 0.3 is 0 Å². The molecule has 1 heterocycles. The van der Waals surface area contributed by atoms with Gasteiger partial charge in [-0.3, -0.25) is 4.79 Å². The number of hydrogen-bond acceptors (Lipinski definition) is 4. The molecule has 1 N–H and O–H groups in total. The lowest BCUT2D eigenvalue weighted by Gasteiger charge is -2.21. The Morgan fingerprint density at radius 2 is 1.68 bits per heavy atom. The second-order valence-corrected chi connectivity index (χ2v) is 8.15. The van der Waals surface area contributed by atoms with Crippen molar-refractivity contribution < 1.29 is 14.3 Å². The molecular formula is C26H30N2O3. The summed E-state index contributed by atoms with van der Waals surface area (Å²) in [6, 6.07) is 15.6. The van der Waals surface area contributed by atoms with Gasteiger partial charge in [-0.25, -0.2) is 4.98 Å². The number of rotatable bonds is 5. The molecule has 2 aromatic carbocycles. The summed E-state index contributed by atoms with van der Waals surface area (Å²) in [5, 5.41) is 4.17. The summed E-state index contributed by atoms with van der Waals surface area (Å²) >= 11 is 0. The Bertz CT molecular complexity index is 1060. The number of pyridine rings is 1. The molecular weight excluding hydrogens is 388 g/mol. The van der Waals surface area contributed by atoms with Gasteiger partial charge in [0.1, 0.15) is 11.5 Å². The molecule has 0 aliphatic heterocycles. The monoisotopic (exact) mass is 418 g/mol. The number of carbonyl (C=O) groups excluding carboxylic acids is 1. The number of nitrogens with one attached hydrogen (secondary N) is 1. The van der Waals surface area contributed by atoms with E-state index in [0.717, 1.165) is 29.3 Å². The van der Waals surface area contributed by atoms with Crippen LogP contribution in [0.25, 0.3) is 22.2 Å². The Hall–Kier alpha value is -3.08. The topological polar surface area (TPSA) is 60.5 Å². The highest BCUT2D eigenvalue weighted by Gasteiger charge is 2.19. The third kappa shape index (κ3) is 4.82. The quantitative estimate of drug-likeness (QED) is 0.572. The van der Waals surface area contributed by atoms with Gasteiger partial charge in [-0.05, 0) is 37.1 Å². The molecule has 1 aliphatic rings. The molecule has 0 atom stereocenters. The first-order valence-electron chi connectivity index (χ1n) is 11.1. The number of ether oxygens (including phenoxy) is 2. The molecule has 31 heavy (non-hydrogen) atoms. The van der Waals surface area contributed by atoms with Crippen LogP contribution < -0.4 is 14.8 Å². The molecule has 1 fully saturated rings. The van der Waals surface area contributed by atoms with Crippen LogP contribution in [0.5, 0.6) is 11.5 Å². The first kappa shape index (κ1) is 21.2. The lowest BCUT2D eigenvalue weighted by atomic mass is 9.96. The third-order valence-electron chi connectivity index (χ3n) is 6.09. The van der Waals surface area contributed by atoms with Crippen molar-refractivity contribution in [1.29, 1.82) is 0 Å². The molecule has 1 aromatic heterocycles. The molecule has 5 heteroatoms. The van der Waals surface area contributed by atoms with Crippen LogP contribution in [-0.4, -0.2) is 31.2 Å². The number of nitrogens with zero attached hydrogens (tertiary/aromatic N) is 1. The fourth-order valence-electron chi connectivity index (χ4n) is 4.37. The average Bonchev–Trinajstić information content (AvgIpc) is 2.79. The Morgan fingerprint density at radius 3 is 2.42 bits per heavy atom. The van der Waals surface area contributed by atoms with Crippen LogP contribution in [0.2, 0.25) is 0 Å². The number of para-hydroxylation sites is 1. The number of aromatic nitrogens is 1. The van der Waals surface area contributed by atoms with Crippen LogP contribution in [0.15, 0.2) is 48.5 Å². The summed E-state index contributed by atoms with van der Waals surface area (Å²) in [4.78, 5) is 18.2. The van der Waals surface area contributed by atoms with Crippen molar-refractivity contribution in [1.82, 2.24) is 10.3 Å². The molecule has 0 bridgehead atoms. The van der Waals surface area contributed by atoms with Crippen molar-refractivity contribution in [2.45, 2.75) is 51.0 Å². The first-order valence-corrected chi connectivity index (χ1v) is 11.1. The summed E-state index contributed by atoms with van der Waals surface area (Å²) < 4.78 is 10.9. The smallest absolute Gasteiger partial charge is 0.252 e. The van der Waals surface area contributed by atoms with E-state index in [2.05, 4.69) is 5.32 Å². The van der Waals surface area contributed by atoms with E-state index < -0.39 is 0 Å². The van der Waals surface area contributed by atoms with E-state index in [1.54, 1.807) is 14.2 Å². The van der Waals surface area contributed by atoms with Crippen LogP contribution in [0, 0.1) is 0 Å². The minimum Gasteiger partial charge on any atom is -0.497 e. The second-order valence-electron chi connectivity index (χ2n) is 8.15. The van der Waals surface area contributed by atoms with Crippen molar-refractivity contribution in [3.8, 4) is 22.8 Å². The zero-order valence-electron chi connectivity index (χ0n) is 18.3. The fraction of sp³-hybridized carbons (Fsp3) is 0.385. The summed E-state index contributed by atoms with van der Waals surface area (Å²) in [6.07, 6.45) is 8.27. The van der Waals surface area contributed by atoms with E-state index in [4.69, 9.17) is 14.5 Å². The van der Waals surface area contributed by atoms with Gasteiger partial charge in [0.15, 0.2) is 0 Å². The van der Waals surface area contributed by atoms with Gasteiger partial charge in [-0.2, -0.15) is 0 Å². The maximum atomic E-state index is 13.4. The van der Waals surface area contributed by atoms with Crippen molar-refractivity contribution >= 4 is 16.8 Å². The SMILES string of the molecule is COc1ccc(-c2cc(C(=O)NC3CCCCCCC3)c3ccccc3n2)c(OC)c1. The number of benzene rings is 2. The number of methoxy groups -OCH3 is 2. The number of fused-ring (bicyclic) bond motifs is 1. The Labute approximate surface area is 183 Å². The van der Waals surface area contributed by atoms with Crippen molar-refractivity contribution in [3.05, 3.63) is 54.1 Å². The zero-order valence-corrected chi connectivity index (χ0v) is 18.3. The normalized spacial score (nSPS) is 15.2. The van der Waals surface area contributed by atoms with E-state index in [1.165, 1.54) is 32.1 Å². The van der Waals surface area contributed by atoms with E-state index in [-0.39, 0.29) is 11.9 Å². The van der Waals surface area contributed by atoms with Crippen LogP contribution in [-0.2, 0) is 0 Å². The highest BCUT2D eigenvalue weighted by Crippen LogP contribution is 2.34. The van der Waals surface area contributed by atoms with E-state index in [0.29, 0.717) is 22.8 Å². The molecule has 5 nitrogen and oxygen atoms in total. The molecule has 0 spiro atoms. The first-order chi connectivity index (χ1) is 15.2. The summed E-state index contributed by atoms with van der Waals surface area (Å²) in [5.74, 6) is 1.34. The van der Waals surface area contributed by atoms with Gasteiger partial charge in [0.05, 0.1) is 31.0 Å². The van der Waals surface area contributed by atoms with Crippen molar-refractivity contribution in [2.24, 2.45) is 0 Å². The fourth-order valence-corrected chi connectivity index (χ4v) is 4.37. The van der Waals surface area contributed by atoms with Crippen LogP contribution in [0.4, 0.5) is 0 Å². The molecule has 0 unspecified atom stereocenters. The number of hydrogen-bond donors (Lipinski definition) is 1. The predicted octanol–water partition coefficient (Wildman–Crippen LogP) is 5.76. The highest BCUT2D eigenvalue weighted by molar-refractivity contribution is 6.07. The lowest BCUT2D eigenvalue weighted by Crippen LogP contribution is -2.35. The molecule has 162 valence electrons. The molecule has 3 aromatic rings. The zero-order chi connectivity index (χ0) is 21.6. The molecule has 1 saturated carbocycles. The van der Waals surface area contributed by atoms with E-state index in [1.807, 2.05) is 48.5 Å². The largest absolute Gasteiger partial charge is 0.497 e. The third-order valence-corrected chi connectivity index (χ3v) is 6.09. The maximum Gasteiger partial charge on any atom is 0.252 e. The van der Waals surface area contributed by atoms with Gasteiger partial charge in [0, 0.05) is 23.1 Å². The summed E-state index contributed by atoms with van der Waals surface area (Å²) in [7, 11) is 3.25. The van der Waals surface area contributed by atoms with Crippen molar-refractivity contribution in [2.75, 3.05) is 14.2 Å². The van der Waals surface area contributed by atoms with E-state index in [9.17, 15) is 4.79 Å². The van der Waals surface area contributed by atoms with Gasteiger partial charge in [0.25, 0.3) is 5.91 Å². The lowest BCUT2D eigenvalue weighted by molar-refractivity contribution is 0.0932. The standard InChI is InChI=1S/C26H30N2O3/c1-30-19-14-15-21(25(16-19)31-2)24-17-22(20-12-8-9-13-23(20)28-24)26(29)27-18-10-6-4-3-5-7-11-18/h8-9,12-18H,3-7,10-11H2,1-2H3,(H,27,29). The minimum absolute atomic E-state index is 0.0297. The van der Waals surface area contributed by atoms with Crippen molar-refractivity contribution in [3.63, 3.8) is 0 Å². The van der Waals surface area contributed by atoms with Crippen LogP contribution in [0.3, 0.4) is 0 Å². The summed E-state index contributed by atoms with van der Waals surface area (Å²) in [6.45, 7) is 0. The van der Waals surface area contributed by atoms with Gasteiger partial charge in [-0.15, -0.1) is 0 Å². The van der Waals surface area contributed by atoms with Gasteiger partial charge < -0.3 is 14.8 Å². The highest BCUT2D eigenvalue weighted by atomic mass is 16.5. The van der Waals surface area contributed by atoms with Gasteiger partial charge in [0.2, 0.25) is 0 Å². The Balaban J connectivity index is 1.72. The molecule has 4 rings (SSSR count). The predicted molar refractivity (Wildman–Crippen MR) is 124 cm³/mol. The van der Waals surface area contributed by atoms with E-state index >= 15 is 0 Å². The Morgan fingerprint density at radius 1 is 0.935 bits per heavy atom. The number of carbonyl (C=O) groups is 1. The molecule has 1 amide bonds. The Kier molecular flexibility index (Phi) is 6.70. The van der Waals surface area contributed by atoms with Crippen LogP contribution >= 0.6 is 0 Å². The molecule has 0 saturated heterocycles. The number of amides is 1. The molecule has 1 aliphatic carbocycles. The maximum absolute atomic E-state index is 13.4. The minimum atomic E-state index is -0.0297. The van der Waals surface area contributed by atoms with Gasteiger partial charge in [-0.1, -0.05) is 50.3 Å². The average molecular weight is 419 g/mol. The molecule has 0 radical (unpaired) electrons.